The highest BCUT2D eigenvalue weighted by atomic mass is 16.5. The second-order valence-corrected chi connectivity index (χ2v) is 9.39. The third kappa shape index (κ3) is 5.90. The summed E-state index contributed by atoms with van der Waals surface area (Å²) in [5.74, 6) is 0.821. The van der Waals surface area contributed by atoms with E-state index in [0.29, 0.717) is 11.7 Å². The van der Waals surface area contributed by atoms with Gasteiger partial charge in [-0.2, -0.15) is 0 Å². The lowest BCUT2D eigenvalue weighted by Gasteiger charge is -2.29. The van der Waals surface area contributed by atoms with Gasteiger partial charge in [0.1, 0.15) is 11.9 Å². The molecule has 0 spiro atoms. The minimum absolute atomic E-state index is 0.104. The molecular formula is C31H32N2O2. The zero-order valence-electron chi connectivity index (χ0n) is 20.2. The number of anilines is 1. The van der Waals surface area contributed by atoms with Crippen molar-refractivity contribution in [2.45, 2.75) is 31.8 Å². The van der Waals surface area contributed by atoms with Gasteiger partial charge in [-0.05, 0) is 91.4 Å². The van der Waals surface area contributed by atoms with Crippen molar-refractivity contribution in [1.82, 2.24) is 4.90 Å². The molecule has 178 valence electrons. The first kappa shape index (κ1) is 23.1. The third-order valence-electron chi connectivity index (χ3n) is 6.77. The molecule has 1 saturated heterocycles. The van der Waals surface area contributed by atoms with Crippen LogP contribution in [0.3, 0.4) is 0 Å². The van der Waals surface area contributed by atoms with Crippen molar-refractivity contribution < 1.29 is 9.53 Å². The molecule has 4 nitrogen and oxygen atoms in total. The molecule has 0 atom stereocenters. The number of hydrogen-bond donors (Lipinski definition) is 1. The molecule has 1 N–H and O–H groups in total. The van der Waals surface area contributed by atoms with Crippen molar-refractivity contribution in [3.63, 3.8) is 0 Å². The van der Waals surface area contributed by atoms with Gasteiger partial charge in [0, 0.05) is 24.3 Å². The summed E-state index contributed by atoms with van der Waals surface area (Å²) < 4.78 is 6.16. The predicted molar refractivity (Wildman–Crippen MR) is 144 cm³/mol. The normalized spacial score (nSPS) is 16.5. The van der Waals surface area contributed by atoms with Gasteiger partial charge in [0.2, 0.25) is 0 Å². The summed E-state index contributed by atoms with van der Waals surface area (Å²) in [5, 5.41) is 3.00. The molecule has 3 aromatic rings. The molecule has 0 radical (unpaired) electrons. The maximum absolute atomic E-state index is 12.7. The number of rotatable bonds is 6. The second-order valence-electron chi connectivity index (χ2n) is 9.39. The molecule has 35 heavy (non-hydrogen) atoms. The number of allylic oxidation sites excluding steroid dienone is 4. The fourth-order valence-electron chi connectivity index (χ4n) is 4.61. The van der Waals surface area contributed by atoms with Crippen molar-refractivity contribution in [1.29, 1.82) is 0 Å². The predicted octanol–water partition coefficient (Wildman–Crippen LogP) is 6.81. The number of carbonyl (C=O) groups is 1. The molecule has 1 heterocycles. The lowest BCUT2D eigenvalue weighted by molar-refractivity contribution is 0.102. The Hall–Kier alpha value is -3.63. The van der Waals surface area contributed by atoms with Gasteiger partial charge in [-0.25, -0.2) is 0 Å². The Morgan fingerprint density at radius 3 is 2.09 bits per heavy atom. The number of likely N-dealkylation sites (tertiary alicyclic amines) is 1. The van der Waals surface area contributed by atoms with Gasteiger partial charge in [0.05, 0.1) is 0 Å². The van der Waals surface area contributed by atoms with Crippen LogP contribution in [0.25, 0.3) is 16.7 Å². The molecule has 0 bridgehead atoms. The number of benzene rings is 3. The first-order chi connectivity index (χ1) is 17.1. The van der Waals surface area contributed by atoms with Gasteiger partial charge in [-0.1, -0.05) is 54.6 Å². The van der Waals surface area contributed by atoms with Crippen molar-refractivity contribution in [3.05, 3.63) is 102 Å². The number of amides is 1. The van der Waals surface area contributed by atoms with Crippen molar-refractivity contribution in [2.24, 2.45) is 0 Å². The minimum Gasteiger partial charge on any atom is -0.490 e. The summed E-state index contributed by atoms with van der Waals surface area (Å²) in [6.45, 7) is 2.18. The number of piperidine rings is 1. The van der Waals surface area contributed by atoms with E-state index in [1.807, 2.05) is 60.7 Å². The summed E-state index contributed by atoms with van der Waals surface area (Å²) >= 11 is 0. The second kappa shape index (κ2) is 10.7. The van der Waals surface area contributed by atoms with Gasteiger partial charge in [-0.3, -0.25) is 4.79 Å². The fraction of sp³-hybridized carbons (Fsp3) is 0.258. The molecule has 1 amide bonds. The van der Waals surface area contributed by atoms with E-state index in [0.717, 1.165) is 66.9 Å². The van der Waals surface area contributed by atoms with E-state index in [9.17, 15) is 4.79 Å². The standard InChI is InChI=1S/C31H32N2O2/c1-33-21-19-30(20-22-33)35-29-17-13-26(14-18-29)25-11-15-28(16-12-25)32-31(34)27-9-7-24(8-10-27)23-5-3-2-4-6-23/h3,5-18,30H,2,4,19-22H2,1H3,(H,32,34). The van der Waals surface area contributed by atoms with Crippen LogP contribution in [-0.4, -0.2) is 37.0 Å². The van der Waals surface area contributed by atoms with E-state index >= 15 is 0 Å². The molecule has 0 saturated carbocycles. The Balaban J connectivity index is 1.17. The molecule has 5 rings (SSSR count). The van der Waals surface area contributed by atoms with Gasteiger partial charge in [0.15, 0.2) is 0 Å². The highest BCUT2D eigenvalue weighted by Crippen LogP contribution is 2.26. The van der Waals surface area contributed by atoms with E-state index in [-0.39, 0.29) is 5.91 Å². The number of carbonyl (C=O) groups excluding carboxylic acids is 1. The average Bonchev–Trinajstić information content (AvgIpc) is 2.91. The zero-order chi connectivity index (χ0) is 24.0. The van der Waals surface area contributed by atoms with Crippen LogP contribution >= 0.6 is 0 Å². The average molecular weight is 465 g/mol. The summed E-state index contributed by atoms with van der Waals surface area (Å²) in [4.78, 5) is 15.1. The van der Waals surface area contributed by atoms with Crippen molar-refractivity contribution >= 4 is 17.2 Å². The van der Waals surface area contributed by atoms with E-state index < -0.39 is 0 Å². The Kier molecular flexibility index (Phi) is 7.10. The van der Waals surface area contributed by atoms with Gasteiger partial charge < -0.3 is 15.0 Å². The number of nitrogens with one attached hydrogen (secondary N) is 1. The number of nitrogens with zero attached hydrogens (tertiary/aromatic N) is 1. The smallest absolute Gasteiger partial charge is 0.255 e. The minimum atomic E-state index is -0.104. The van der Waals surface area contributed by atoms with Crippen LogP contribution in [0.1, 0.15) is 41.6 Å². The van der Waals surface area contributed by atoms with E-state index in [1.165, 1.54) is 5.57 Å². The molecule has 4 heteroatoms. The van der Waals surface area contributed by atoms with Crippen LogP contribution in [-0.2, 0) is 0 Å². The Labute approximate surface area is 207 Å². The van der Waals surface area contributed by atoms with Gasteiger partial charge in [0.25, 0.3) is 5.91 Å². The summed E-state index contributed by atoms with van der Waals surface area (Å²) in [6.07, 6.45) is 11.2. The SMILES string of the molecule is CN1CCC(Oc2ccc(-c3ccc(NC(=O)c4ccc(C5=CCCC=C5)cc4)cc3)cc2)CC1. The third-order valence-corrected chi connectivity index (χ3v) is 6.77. The fourth-order valence-corrected chi connectivity index (χ4v) is 4.61. The number of ether oxygens (including phenoxy) is 1. The summed E-state index contributed by atoms with van der Waals surface area (Å²) in [7, 11) is 2.16. The molecule has 1 aliphatic carbocycles. The molecule has 1 aliphatic heterocycles. The monoisotopic (exact) mass is 464 g/mol. The van der Waals surface area contributed by atoms with Crippen LogP contribution in [0, 0.1) is 0 Å². The lowest BCUT2D eigenvalue weighted by atomic mass is 9.98. The highest BCUT2D eigenvalue weighted by Gasteiger charge is 2.18. The Morgan fingerprint density at radius 1 is 0.829 bits per heavy atom. The van der Waals surface area contributed by atoms with E-state index in [1.54, 1.807) is 0 Å². The van der Waals surface area contributed by atoms with Crippen LogP contribution in [0.4, 0.5) is 5.69 Å². The van der Waals surface area contributed by atoms with Crippen LogP contribution < -0.4 is 10.1 Å². The van der Waals surface area contributed by atoms with E-state index in [2.05, 4.69) is 47.6 Å². The topological polar surface area (TPSA) is 41.6 Å². The van der Waals surface area contributed by atoms with Crippen molar-refractivity contribution in [3.8, 4) is 16.9 Å². The molecule has 0 unspecified atom stereocenters. The lowest BCUT2D eigenvalue weighted by Crippen LogP contribution is -2.35. The first-order valence-electron chi connectivity index (χ1n) is 12.5. The molecule has 0 aromatic heterocycles. The first-order valence-corrected chi connectivity index (χ1v) is 12.5. The van der Waals surface area contributed by atoms with Crippen LogP contribution in [0.5, 0.6) is 5.75 Å². The Bertz CT molecular complexity index is 1200. The molecule has 1 fully saturated rings. The van der Waals surface area contributed by atoms with Crippen LogP contribution in [0.2, 0.25) is 0 Å². The quantitative estimate of drug-likeness (QED) is 0.436. The summed E-state index contributed by atoms with van der Waals surface area (Å²) in [5.41, 5.74) is 6.03. The summed E-state index contributed by atoms with van der Waals surface area (Å²) in [6, 6.07) is 24.0. The largest absolute Gasteiger partial charge is 0.490 e. The highest BCUT2D eigenvalue weighted by molar-refractivity contribution is 6.04. The van der Waals surface area contributed by atoms with Crippen LogP contribution in [0.15, 0.2) is 91.0 Å². The van der Waals surface area contributed by atoms with Gasteiger partial charge in [-0.15, -0.1) is 0 Å². The molecule has 2 aliphatic rings. The van der Waals surface area contributed by atoms with E-state index in [4.69, 9.17) is 4.74 Å². The molecule has 3 aromatic carbocycles. The Morgan fingerprint density at radius 2 is 1.46 bits per heavy atom. The maximum atomic E-state index is 12.7. The maximum Gasteiger partial charge on any atom is 0.255 e. The number of hydrogen-bond acceptors (Lipinski definition) is 3. The van der Waals surface area contributed by atoms with Crippen molar-refractivity contribution in [2.75, 3.05) is 25.5 Å². The van der Waals surface area contributed by atoms with Gasteiger partial charge >= 0.3 is 0 Å². The molecular weight excluding hydrogens is 432 g/mol. The zero-order valence-corrected chi connectivity index (χ0v) is 20.2.